The Kier molecular flexibility index (Phi) is 3.78. The number of para-hydroxylation sites is 1. The van der Waals surface area contributed by atoms with Crippen LogP contribution in [0.25, 0.3) is 0 Å². The third kappa shape index (κ3) is 2.45. The van der Waals surface area contributed by atoms with E-state index in [0.29, 0.717) is 6.42 Å². The second-order valence-electron chi connectivity index (χ2n) is 3.34. The average Bonchev–Trinajstić information content (AvgIpc) is 2.29. The molecule has 1 amide bonds. The van der Waals surface area contributed by atoms with Gasteiger partial charge in [0.2, 0.25) is 0 Å². The molecule has 4 N–H and O–H groups in total. The molecule has 0 heterocycles. The Morgan fingerprint density at radius 1 is 1.69 bits per heavy atom. The predicted molar refractivity (Wildman–Crippen MR) is 62.9 cm³/mol. The van der Waals surface area contributed by atoms with Gasteiger partial charge in [0.05, 0.1) is 17.3 Å². The van der Waals surface area contributed by atoms with E-state index < -0.39 is 5.91 Å². The first kappa shape index (κ1) is 11.9. The number of carbonyl (C=O) groups excluding carboxylic acids is 1. The van der Waals surface area contributed by atoms with Gasteiger partial charge in [0.1, 0.15) is 0 Å². The van der Waals surface area contributed by atoms with E-state index in [9.17, 15) is 9.90 Å². The summed E-state index contributed by atoms with van der Waals surface area (Å²) in [4.78, 5) is 11.7. The molecule has 0 aromatic heterocycles. The quantitative estimate of drug-likeness (QED) is 0.404. The van der Waals surface area contributed by atoms with Gasteiger partial charge >= 0.3 is 0 Å². The van der Waals surface area contributed by atoms with Crippen molar-refractivity contribution in [2.24, 2.45) is 0 Å². The van der Waals surface area contributed by atoms with Gasteiger partial charge in [0.25, 0.3) is 5.91 Å². The number of terminal acetylenes is 1. The first-order chi connectivity index (χ1) is 7.60. The summed E-state index contributed by atoms with van der Waals surface area (Å²) in [5.74, 6) is 1.80. The lowest BCUT2D eigenvalue weighted by Crippen LogP contribution is -2.33. The summed E-state index contributed by atoms with van der Waals surface area (Å²) in [5, 5.41) is 12.2. The van der Waals surface area contributed by atoms with Gasteiger partial charge in [0.15, 0.2) is 5.75 Å². The summed E-state index contributed by atoms with van der Waals surface area (Å²) < 4.78 is 0. The smallest absolute Gasteiger partial charge is 0.256 e. The number of aromatic hydroxyl groups is 1. The van der Waals surface area contributed by atoms with Crippen molar-refractivity contribution in [3.63, 3.8) is 0 Å². The Bertz CT molecular complexity index is 435. The minimum Gasteiger partial charge on any atom is -0.505 e. The number of anilines is 1. The minimum absolute atomic E-state index is 0.133. The molecule has 1 aromatic rings. The molecule has 0 aliphatic carbocycles. The highest BCUT2D eigenvalue weighted by atomic mass is 16.3. The van der Waals surface area contributed by atoms with Crippen molar-refractivity contribution >= 4 is 11.6 Å². The third-order valence-corrected chi connectivity index (χ3v) is 2.23. The molecule has 0 bridgehead atoms. The maximum atomic E-state index is 11.7. The normalized spacial score (nSPS) is 11.5. The average molecular weight is 218 g/mol. The third-order valence-electron chi connectivity index (χ3n) is 2.23. The molecule has 1 aromatic carbocycles. The number of benzene rings is 1. The Balaban J connectivity index is 2.90. The lowest BCUT2D eigenvalue weighted by Gasteiger charge is -2.12. The number of amides is 1. The second kappa shape index (κ2) is 5.08. The zero-order valence-electron chi connectivity index (χ0n) is 9.03. The summed E-state index contributed by atoms with van der Waals surface area (Å²) in [5.41, 5.74) is 5.78. The lowest BCUT2D eigenvalue weighted by atomic mass is 10.1. The van der Waals surface area contributed by atoms with Crippen LogP contribution >= 0.6 is 0 Å². The highest BCUT2D eigenvalue weighted by molar-refractivity contribution is 5.98. The largest absolute Gasteiger partial charge is 0.505 e. The van der Waals surface area contributed by atoms with Crippen LogP contribution in [0.5, 0.6) is 5.75 Å². The molecule has 0 aliphatic heterocycles. The van der Waals surface area contributed by atoms with Gasteiger partial charge in [-0.15, -0.1) is 6.42 Å². The first-order valence-electron chi connectivity index (χ1n) is 4.94. The van der Waals surface area contributed by atoms with E-state index >= 15 is 0 Å². The highest BCUT2D eigenvalue weighted by Crippen LogP contribution is 2.24. The van der Waals surface area contributed by atoms with Gasteiger partial charge in [-0.1, -0.05) is 18.9 Å². The standard InChI is InChI=1S/C12H14N2O2/c1-3-8(4-2)14-12(16)9-6-5-7-10(13)11(9)15/h1,5-8,15H,4,13H2,2H3,(H,14,16). The Morgan fingerprint density at radius 2 is 2.38 bits per heavy atom. The van der Waals surface area contributed by atoms with Gasteiger partial charge < -0.3 is 16.2 Å². The van der Waals surface area contributed by atoms with Gasteiger partial charge in [0, 0.05) is 0 Å². The molecule has 0 spiro atoms. The van der Waals surface area contributed by atoms with Crippen LogP contribution in [0.2, 0.25) is 0 Å². The molecule has 0 fully saturated rings. The number of hydrogen-bond acceptors (Lipinski definition) is 3. The maximum Gasteiger partial charge on any atom is 0.256 e. The zero-order chi connectivity index (χ0) is 12.1. The van der Waals surface area contributed by atoms with Crippen LogP contribution in [-0.4, -0.2) is 17.1 Å². The fourth-order valence-corrected chi connectivity index (χ4v) is 1.24. The monoisotopic (exact) mass is 218 g/mol. The van der Waals surface area contributed by atoms with Crippen molar-refractivity contribution < 1.29 is 9.90 Å². The maximum absolute atomic E-state index is 11.7. The summed E-state index contributed by atoms with van der Waals surface area (Å²) in [6, 6.07) is 4.27. The lowest BCUT2D eigenvalue weighted by molar-refractivity contribution is 0.0942. The number of nitrogens with two attached hydrogens (primary N) is 1. The van der Waals surface area contributed by atoms with E-state index in [1.165, 1.54) is 12.1 Å². The van der Waals surface area contributed by atoms with Crippen molar-refractivity contribution in [2.45, 2.75) is 19.4 Å². The first-order valence-corrected chi connectivity index (χ1v) is 4.94. The number of phenols is 1. The van der Waals surface area contributed by atoms with Crippen LogP contribution in [0, 0.1) is 12.3 Å². The Labute approximate surface area is 94.5 Å². The molecular weight excluding hydrogens is 204 g/mol. The molecule has 4 heteroatoms. The SMILES string of the molecule is C#CC(CC)NC(=O)c1cccc(N)c1O. The summed E-state index contributed by atoms with van der Waals surface area (Å²) >= 11 is 0. The Hall–Kier alpha value is -2.15. The van der Waals surface area contributed by atoms with Crippen LogP contribution in [-0.2, 0) is 0 Å². The number of rotatable bonds is 3. The molecule has 1 rings (SSSR count). The predicted octanol–water partition coefficient (Wildman–Crippen LogP) is 1.12. The van der Waals surface area contributed by atoms with E-state index in [-0.39, 0.29) is 23.0 Å². The number of carbonyl (C=O) groups is 1. The van der Waals surface area contributed by atoms with Crippen molar-refractivity contribution in [2.75, 3.05) is 5.73 Å². The Morgan fingerprint density at radius 3 is 2.94 bits per heavy atom. The fourth-order valence-electron chi connectivity index (χ4n) is 1.24. The van der Waals surface area contributed by atoms with E-state index in [4.69, 9.17) is 12.2 Å². The van der Waals surface area contributed by atoms with Crippen molar-refractivity contribution in [1.29, 1.82) is 0 Å². The van der Waals surface area contributed by atoms with Crippen LogP contribution < -0.4 is 11.1 Å². The molecule has 16 heavy (non-hydrogen) atoms. The second-order valence-corrected chi connectivity index (χ2v) is 3.34. The van der Waals surface area contributed by atoms with Crippen LogP contribution in [0.15, 0.2) is 18.2 Å². The number of hydrogen-bond donors (Lipinski definition) is 3. The van der Waals surface area contributed by atoms with E-state index in [2.05, 4.69) is 11.2 Å². The fraction of sp³-hybridized carbons (Fsp3) is 0.250. The molecular formula is C12H14N2O2. The number of nitrogen functional groups attached to an aromatic ring is 1. The molecule has 1 unspecified atom stereocenters. The van der Waals surface area contributed by atoms with Crippen LogP contribution in [0.3, 0.4) is 0 Å². The summed E-state index contributed by atoms with van der Waals surface area (Å²) in [6.45, 7) is 1.87. The van der Waals surface area contributed by atoms with Crippen molar-refractivity contribution in [3.8, 4) is 18.1 Å². The van der Waals surface area contributed by atoms with Gasteiger partial charge in [-0.25, -0.2) is 0 Å². The molecule has 0 aliphatic rings. The summed E-state index contributed by atoms with van der Waals surface area (Å²) in [6.07, 6.45) is 5.86. The van der Waals surface area contributed by atoms with Gasteiger partial charge in [-0.2, -0.15) is 0 Å². The van der Waals surface area contributed by atoms with Crippen molar-refractivity contribution in [3.05, 3.63) is 23.8 Å². The van der Waals surface area contributed by atoms with E-state index in [1.807, 2.05) is 6.92 Å². The van der Waals surface area contributed by atoms with E-state index in [0.717, 1.165) is 0 Å². The number of phenolic OH excluding ortho intramolecular Hbond substituents is 1. The molecule has 1 atom stereocenters. The topological polar surface area (TPSA) is 75.4 Å². The summed E-state index contributed by atoms with van der Waals surface area (Å²) in [7, 11) is 0. The molecule has 0 radical (unpaired) electrons. The van der Waals surface area contributed by atoms with Gasteiger partial charge in [-0.3, -0.25) is 4.79 Å². The number of nitrogens with one attached hydrogen (secondary N) is 1. The molecule has 0 saturated heterocycles. The molecule has 4 nitrogen and oxygen atoms in total. The van der Waals surface area contributed by atoms with Crippen LogP contribution in [0.4, 0.5) is 5.69 Å². The van der Waals surface area contributed by atoms with Crippen LogP contribution in [0.1, 0.15) is 23.7 Å². The van der Waals surface area contributed by atoms with Gasteiger partial charge in [-0.05, 0) is 18.6 Å². The zero-order valence-corrected chi connectivity index (χ0v) is 9.03. The van der Waals surface area contributed by atoms with E-state index in [1.54, 1.807) is 6.07 Å². The highest BCUT2D eigenvalue weighted by Gasteiger charge is 2.14. The molecule has 84 valence electrons. The molecule has 0 saturated carbocycles. The van der Waals surface area contributed by atoms with Crippen molar-refractivity contribution in [1.82, 2.24) is 5.32 Å². The minimum atomic E-state index is -0.422.